The number of nitrogens with two attached hydrogens (primary N) is 2. The lowest BCUT2D eigenvalue weighted by Crippen LogP contribution is -3.00. The molecule has 14 heavy (non-hydrogen) atoms. The molecule has 0 saturated carbocycles. The van der Waals surface area contributed by atoms with Crippen LogP contribution in [0.5, 0.6) is 0 Å². The zero-order valence-electron chi connectivity index (χ0n) is 7.34. The molecule has 1 atom stereocenters. The van der Waals surface area contributed by atoms with Gasteiger partial charge in [0.25, 0.3) is 6.43 Å². The Balaban J connectivity index is -0.000000605. The van der Waals surface area contributed by atoms with Crippen LogP contribution in [0.1, 0.15) is 12.8 Å². The Morgan fingerprint density at radius 3 is 2.14 bits per heavy atom. The van der Waals surface area contributed by atoms with Crippen LogP contribution in [-0.2, 0) is 4.79 Å². The molecular weight excluding hydrogens is 222 g/mol. The van der Waals surface area contributed by atoms with E-state index in [9.17, 15) is 13.6 Å². The Labute approximate surface area is 86.2 Å². The minimum absolute atomic E-state index is 0. The molecule has 0 aliphatic rings. The van der Waals surface area contributed by atoms with Crippen molar-refractivity contribution in [1.29, 1.82) is 0 Å². The van der Waals surface area contributed by atoms with E-state index < -0.39 is 17.9 Å². The largest absolute Gasteiger partial charge is 1.00 e. The van der Waals surface area contributed by atoms with Gasteiger partial charge in [-0.3, -0.25) is 0 Å². The predicted molar refractivity (Wildman–Crippen MR) is 42.5 cm³/mol. The predicted octanol–water partition coefficient (Wildman–Crippen LogP) is -4.05. The third-order valence-corrected chi connectivity index (χ3v) is 1.58. The number of carboxylic acids is 1. The Morgan fingerprint density at radius 1 is 1.50 bits per heavy atom. The van der Waals surface area contributed by atoms with Crippen LogP contribution in [0, 0.1) is 0 Å². The van der Waals surface area contributed by atoms with Gasteiger partial charge < -0.3 is 34.5 Å². The van der Waals surface area contributed by atoms with Gasteiger partial charge in [-0.05, 0) is 19.4 Å². The van der Waals surface area contributed by atoms with Crippen LogP contribution in [0.4, 0.5) is 8.78 Å². The quantitative estimate of drug-likeness (QED) is 0.449. The number of hydrogen-bond donors (Lipinski definition) is 3. The molecule has 0 aromatic heterocycles. The van der Waals surface area contributed by atoms with Crippen LogP contribution in [-0.4, -0.2) is 35.1 Å². The summed E-state index contributed by atoms with van der Waals surface area (Å²) in [6.45, 7) is 0.152. The van der Waals surface area contributed by atoms with Crippen molar-refractivity contribution in [3.05, 3.63) is 0 Å². The van der Waals surface area contributed by atoms with E-state index in [0.29, 0.717) is 0 Å². The topological polar surface area (TPSA) is 121 Å². The third-order valence-electron chi connectivity index (χ3n) is 1.58. The van der Waals surface area contributed by atoms with Gasteiger partial charge in [0.15, 0.2) is 5.54 Å². The first-order valence-corrected chi connectivity index (χ1v) is 3.45. The number of alkyl halides is 2. The van der Waals surface area contributed by atoms with Crippen molar-refractivity contribution in [2.45, 2.75) is 24.8 Å². The molecule has 7 N–H and O–H groups in total. The van der Waals surface area contributed by atoms with Crippen molar-refractivity contribution in [1.82, 2.24) is 0 Å². The molecule has 0 fully saturated rings. The summed E-state index contributed by atoms with van der Waals surface area (Å²) < 4.78 is 24.2. The number of halogens is 3. The van der Waals surface area contributed by atoms with Gasteiger partial charge >= 0.3 is 5.97 Å². The number of carboxylic acid groups (broad SMARTS) is 1. The maximum atomic E-state index is 12.1. The average molecular weight is 236 g/mol. The summed E-state index contributed by atoms with van der Waals surface area (Å²) in [5.41, 5.74) is 7.56. The van der Waals surface area contributed by atoms with E-state index in [1.54, 1.807) is 0 Å². The summed E-state index contributed by atoms with van der Waals surface area (Å²) in [6.07, 6.45) is -3.20. The Bertz CT molecular complexity index is 173. The van der Waals surface area contributed by atoms with Crippen molar-refractivity contribution in [2.24, 2.45) is 11.5 Å². The van der Waals surface area contributed by atoms with Gasteiger partial charge in [0.05, 0.1) is 0 Å². The summed E-state index contributed by atoms with van der Waals surface area (Å²) in [5.74, 6) is -1.69. The van der Waals surface area contributed by atoms with Crippen molar-refractivity contribution >= 4 is 5.97 Å². The molecule has 0 aliphatic heterocycles. The second-order valence-corrected chi connectivity index (χ2v) is 2.54. The highest BCUT2D eigenvalue weighted by Crippen LogP contribution is 2.18. The molecule has 8 heteroatoms. The standard InChI is InChI=1S/C6H12F2N2O2.ClH.H2O/c7-4(8)6(10,5(11)12)2-1-3-9;;/h4H,1-3,9-10H2,(H,11,12);1H;1H2/p-1. The summed E-state index contributed by atoms with van der Waals surface area (Å²) >= 11 is 0. The zero-order chi connectivity index (χ0) is 9.78. The molecule has 1 unspecified atom stereocenters. The first kappa shape index (κ1) is 19.1. The summed E-state index contributed by atoms with van der Waals surface area (Å²) in [4.78, 5) is 10.3. The first-order chi connectivity index (χ1) is 5.45. The minimum atomic E-state index is -3.07. The molecular formula is C6H14ClF2N2O3-. The van der Waals surface area contributed by atoms with Crippen LogP contribution >= 0.6 is 0 Å². The van der Waals surface area contributed by atoms with E-state index in [4.69, 9.17) is 16.6 Å². The average Bonchev–Trinajstić information content (AvgIpc) is 1.99. The highest BCUT2D eigenvalue weighted by molar-refractivity contribution is 5.79. The number of aliphatic carboxylic acids is 1. The normalized spacial score (nSPS) is 13.8. The Hall–Kier alpha value is -0.500. The molecule has 0 aromatic carbocycles. The SMILES string of the molecule is NCCCC(N)(C(=O)O)C(F)F.O.[Cl-]. The Morgan fingerprint density at radius 2 is 1.93 bits per heavy atom. The van der Waals surface area contributed by atoms with Gasteiger partial charge in [-0.15, -0.1) is 0 Å². The van der Waals surface area contributed by atoms with Crippen LogP contribution < -0.4 is 23.9 Å². The lowest BCUT2D eigenvalue weighted by atomic mass is 9.95. The van der Waals surface area contributed by atoms with Crippen LogP contribution in [0.2, 0.25) is 0 Å². The minimum Gasteiger partial charge on any atom is -1.00 e. The van der Waals surface area contributed by atoms with Gasteiger partial charge in [-0.25, -0.2) is 13.6 Å². The molecule has 0 aromatic rings. The van der Waals surface area contributed by atoms with Crippen molar-refractivity contribution < 1.29 is 36.6 Å². The number of hydrogen-bond acceptors (Lipinski definition) is 3. The fourth-order valence-electron chi connectivity index (χ4n) is 0.704. The van der Waals surface area contributed by atoms with Gasteiger partial charge in [0.1, 0.15) is 0 Å². The fraction of sp³-hybridized carbons (Fsp3) is 0.833. The monoisotopic (exact) mass is 235 g/mol. The third kappa shape index (κ3) is 4.66. The molecule has 88 valence electrons. The summed E-state index contributed by atoms with van der Waals surface area (Å²) in [7, 11) is 0. The van der Waals surface area contributed by atoms with E-state index in [-0.39, 0.29) is 37.3 Å². The first-order valence-electron chi connectivity index (χ1n) is 3.45. The van der Waals surface area contributed by atoms with E-state index in [0.717, 1.165) is 0 Å². The summed E-state index contributed by atoms with van der Waals surface area (Å²) in [6, 6.07) is 0. The second kappa shape index (κ2) is 7.86. The van der Waals surface area contributed by atoms with Gasteiger partial charge in [-0.2, -0.15) is 0 Å². The van der Waals surface area contributed by atoms with E-state index in [2.05, 4.69) is 0 Å². The highest BCUT2D eigenvalue weighted by Gasteiger charge is 2.42. The van der Waals surface area contributed by atoms with Gasteiger partial charge in [-0.1, -0.05) is 0 Å². The maximum Gasteiger partial charge on any atom is 0.329 e. The fourth-order valence-corrected chi connectivity index (χ4v) is 0.704. The van der Waals surface area contributed by atoms with Gasteiger partial charge in [0.2, 0.25) is 0 Å². The molecule has 0 amide bonds. The molecule has 0 rings (SSSR count). The van der Waals surface area contributed by atoms with Crippen LogP contribution in [0.25, 0.3) is 0 Å². The van der Waals surface area contributed by atoms with E-state index in [1.165, 1.54) is 0 Å². The van der Waals surface area contributed by atoms with E-state index >= 15 is 0 Å². The van der Waals surface area contributed by atoms with Gasteiger partial charge in [0, 0.05) is 0 Å². The molecule has 0 bridgehead atoms. The van der Waals surface area contributed by atoms with Crippen LogP contribution in [0.15, 0.2) is 0 Å². The summed E-state index contributed by atoms with van der Waals surface area (Å²) in [5, 5.41) is 8.38. The lowest BCUT2D eigenvalue weighted by Gasteiger charge is -2.22. The van der Waals surface area contributed by atoms with Crippen molar-refractivity contribution in [3.8, 4) is 0 Å². The highest BCUT2D eigenvalue weighted by atomic mass is 35.5. The second-order valence-electron chi connectivity index (χ2n) is 2.54. The smallest absolute Gasteiger partial charge is 0.329 e. The van der Waals surface area contributed by atoms with E-state index in [1.807, 2.05) is 0 Å². The Kier molecular flexibility index (Phi) is 10.7. The number of rotatable bonds is 5. The molecule has 0 heterocycles. The molecule has 0 saturated heterocycles. The van der Waals surface area contributed by atoms with Crippen LogP contribution in [0.3, 0.4) is 0 Å². The van der Waals surface area contributed by atoms with Crippen molar-refractivity contribution in [3.63, 3.8) is 0 Å². The molecule has 5 nitrogen and oxygen atoms in total. The molecule has 0 spiro atoms. The lowest BCUT2D eigenvalue weighted by molar-refractivity contribution is -0.150. The van der Waals surface area contributed by atoms with Crippen molar-refractivity contribution in [2.75, 3.05) is 6.54 Å². The maximum absolute atomic E-state index is 12.1. The zero-order valence-corrected chi connectivity index (χ0v) is 8.10. The molecule has 0 aliphatic carbocycles. The number of carbonyl (C=O) groups is 1. The molecule has 0 radical (unpaired) electrons.